The van der Waals surface area contributed by atoms with Crippen LogP contribution in [0.1, 0.15) is 20.8 Å². The number of nitrogens with zero attached hydrogens (tertiary/aromatic N) is 6. The molecule has 0 aliphatic heterocycles. The average molecular weight is 357 g/mol. The summed E-state index contributed by atoms with van der Waals surface area (Å²) in [6, 6.07) is 7.60. The zero-order valence-corrected chi connectivity index (χ0v) is 15.8. The number of hydrogen-bond acceptors (Lipinski definition) is 4. The standard InChI is InChI=1S/C18H21ClN6/c1-18(2,3)25-17-14(16(20-10-21-17)22-11-24(4)5)15(23-25)12-6-8-13(19)9-7-12/h6-11H,1-5H3/b22-11+. The highest BCUT2D eigenvalue weighted by atomic mass is 35.5. The van der Waals surface area contributed by atoms with E-state index in [1.54, 1.807) is 6.34 Å². The summed E-state index contributed by atoms with van der Waals surface area (Å²) in [6.07, 6.45) is 3.25. The number of fused-ring (bicyclic) bond motifs is 1. The second kappa shape index (κ2) is 6.44. The van der Waals surface area contributed by atoms with Crippen molar-refractivity contribution < 1.29 is 0 Å². The molecule has 0 fully saturated rings. The molecule has 2 aromatic heterocycles. The average Bonchev–Trinajstić information content (AvgIpc) is 2.94. The van der Waals surface area contributed by atoms with Crippen LogP contribution in [-0.2, 0) is 5.54 Å². The van der Waals surface area contributed by atoms with Crippen molar-refractivity contribution in [3.05, 3.63) is 35.6 Å². The maximum atomic E-state index is 6.03. The van der Waals surface area contributed by atoms with E-state index in [9.17, 15) is 0 Å². The molecule has 7 heteroatoms. The molecular weight excluding hydrogens is 336 g/mol. The van der Waals surface area contributed by atoms with Gasteiger partial charge in [0.15, 0.2) is 11.5 Å². The minimum atomic E-state index is -0.222. The Morgan fingerprint density at radius 2 is 1.80 bits per heavy atom. The highest BCUT2D eigenvalue weighted by Crippen LogP contribution is 2.35. The van der Waals surface area contributed by atoms with Gasteiger partial charge in [-0.1, -0.05) is 23.7 Å². The van der Waals surface area contributed by atoms with Gasteiger partial charge in [0.25, 0.3) is 0 Å². The van der Waals surface area contributed by atoms with Crippen molar-refractivity contribution >= 4 is 34.8 Å². The van der Waals surface area contributed by atoms with E-state index in [-0.39, 0.29) is 5.54 Å². The molecule has 0 radical (unpaired) electrons. The molecule has 0 atom stereocenters. The molecule has 0 spiro atoms. The van der Waals surface area contributed by atoms with E-state index in [2.05, 4.69) is 35.7 Å². The van der Waals surface area contributed by atoms with Crippen molar-refractivity contribution in [1.82, 2.24) is 24.6 Å². The van der Waals surface area contributed by atoms with Crippen molar-refractivity contribution in [2.45, 2.75) is 26.3 Å². The summed E-state index contributed by atoms with van der Waals surface area (Å²) in [4.78, 5) is 15.2. The summed E-state index contributed by atoms with van der Waals surface area (Å²) >= 11 is 6.03. The van der Waals surface area contributed by atoms with Crippen LogP contribution in [0.4, 0.5) is 5.82 Å². The van der Waals surface area contributed by atoms with Gasteiger partial charge in [-0.2, -0.15) is 5.10 Å². The predicted molar refractivity (Wildman–Crippen MR) is 103 cm³/mol. The monoisotopic (exact) mass is 356 g/mol. The van der Waals surface area contributed by atoms with Gasteiger partial charge in [0.2, 0.25) is 0 Å². The molecule has 2 heterocycles. The largest absolute Gasteiger partial charge is 0.369 e. The fraction of sp³-hybridized carbons (Fsp3) is 0.333. The summed E-state index contributed by atoms with van der Waals surface area (Å²) in [5.74, 6) is 0.596. The lowest BCUT2D eigenvalue weighted by atomic mass is 10.1. The van der Waals surface area contributed by atoms with Gasteiger partial charge in [-0.15, -0.1) is 0 Å². The molecule has 0 unspecified atom stereocenters. The van der Waals surface area contributed by atoms with Gasteiger partial charge in [0.1, 0.15) is 12.0 Å². The molecule has 3 rings (SSSR count). The second-order valence-corrected chi connectivity index (χ2v) is 7.48. The highest BCUT2D eigenvalue weighted by molar-refractivity contribution is 6.30. The van der Waals surface area contributed by atoms with Crippen molar-refractivity contribution in [3.63, 3.8) is 0 Å². The van der Waals surface area contributed by atoms with Crippen LogP contribution in [0.15, 0.2) is 35.6 Å². The van der Waals surface area contributed by atoms with E-state index in [0.29, 0.717) is 10.8 Å². The Kier molecular flexibility index (Phi) is 4.47. The first kappa shape index (κ1) is 17.4. The number of aromatic nitrogens is 4. The summed E-state index contributed by atoms with van der Waals surface area (Å²) in [5.41, 5.74) is 2.29. The molecule has 25 heavy (non-hydrogen) atoms. The zero-order valence-electron chi connectivity index (χ0n) is 15.0. The van der Waals surface area contributed by atoms with E-state index in [0.717, 1.165) is 22.3 Å². The Labute approximate surface area is 152 Å². The topological polar surface area (TPSA) is 59.2 Å². The Morgan fingerprint density at radius 1 is 1.12 bits per heavy atom. The Morgan fingerprint density at radius 3 is 2.40 bits per heavy atom. The highest BCUT2D eigenvalue weighted by Gasteiger charge is 2.24. The lowest BCUT2D eigenvalue weighted by Gasteiger charge is -2.19. The van der Waals surface area contributed by atoms with Crippen LogP contribution in [0.5, 0.6) is 0 Å². The number of halogens is 1. The van der Waals surface area contributed by atoms with Crippen molar-refractivity contribution in [2.75, 3.05) is 14.1 Å². The fourth-order valence-corrected chi connectivity index (χ4v) is 2.61. The summed E-state index contributed by atoms with van der Waals surface area (Å²) in [6.45, 7) is 6.28. The lowest BCUT2D eigenvalue weighted by Crippen LogP contribution is -2.23. The van der Waals surface area contributed by atoms with Crippen LogP contribution in [0, 0.1) is 0 Å². The van der Waals surface area contributed by atoms with Gasteiger partial charge >= 0.3 is 0 Å². The lowest BCUT2D eigenvalue weighted by molar-refractivity contribution is 0.367. The number of rotatable bonds is 3. The van der Waals surface area contributed by atoms with E-state index in [4.69, 9.17) is 16.7 Å². The number of benzene rings is 1. The fourth-order valence-electron chi connectivity index (χ4n) is 2.48. The molecule has 0 saturated heterocycles. The quantitative estimate of drug-likeness (QED) is 0.523. The van der Waals surface area contributed by atoms with E-state index >= 15 is 0 Å². The van der Waals surface area contributed by atoms with Crippen LogP contribution < -0.4 is 0 Å². The van der Waals surface area contributed by atoms with Gasteiger partial charge < -0.3 is 4.90 Å². The van der Waals surface area contributed by atoms with E-state index in [1.807, 2.05) is 47.9 Å². The molecule has 6 nitrogen and oxygen atoms in total. The van der Waals surface area contributed by atoms with Crippen molar-refractivity contribution in [3.8, 4) is 11.3 Å². The Balaban J connectivity index is 2.32. The summed E-state index contributed by atoms with van der Waals surface area (Å²) in [5, 5.41) is 6.35. The molecule has 0 aliphatic carbocycles. The SMILES string of the molecule is CN(C)/C=N/c1ncnc2c1c(-c1ccc(Cl)cc1)nn2C(C)(C)C. The van der Waals surface area contributed by atoms with Crippen molar-refractivity contribution in [1.29, 1.82) is 0 Å². The van der Waals surface area contributed by atoms with Crippen LogP contribution in [-0.4, -0.2) is 45.1 Å². The van der Waals surface area contributed by atoms with Crippen LogP contribution in [0.25, 0.3) is 22.3 Å². The number of aliphatic imine (C=N–C) groups is 1. The zero-order chi connectivity index (χ0) is 18.2. The van der Waals surface area contributed by atoms with Gasteiger partial charge in [0, 0.05) is 24.7 Å². The number of hydrogen-bond donors (Lipinski definition) is 0. The Bertz CT molecular complexity index is 919. The van der Waals surface area contributed by atoms with Crippen molar-refractivity contribution in [2.24, 2.45) is 4.99 Å². The summed E-state index contributed by atoms with van der Waals surface area (Å²) < 4.78 is 1.92. The van der Waals surface area contributed by atoms with Crippen LogP contribution >= 0.6 is 11.6 Å². The second-order valence-electron chi connectivity index (χ2n) is 7.04. The maximum Gasteiger partial charge on any atom is 0.168 e. The smallest absolute Gasteiger partial charge is 0.168 e. The van der Waals surface area contributed by atoms with Gasteiger partial charge in [-0.25, -0.2) is 19.6 Å². The minimum Gasteiger partial charge on any atom is -0.369 e. The molecule has 0 aliphatic rings. The molecule has 1 aromatic carbocycles. The molecule has 130 valence electrons. The Hall–Kier alpha value is -2.47. The van der Waals surface area contributed by atoms with Crippen LogP contribution in [0.2, 0.25) is 5.02 Å². The van der Waals surface area contributed by atoms with E-state index in [1.165, 1.54) is 6.33 Å². The maximum absolute atomic E-state index is 6.03. The minimum absolute atomic E-state index is 0.222. The summed E-state index contributed by atoms with van der Waals surface area (Å²) in [7, 11) is 3.83. The van der Waals surface area contributed by atoms with Gasteiger partial charge in [-0.05, 0) is 32.9 Å². The molecule has 3 aromatic rings. The molecule has 0 bridgehead atoms. The van der Waals surface area contributed by atoms with Crippen LogP contribution in [0.3, 0.4) is 0 Å². The van der Waals surface area contributed by atoms with E-state index < -0.39 is 0 Å². The predicted octanol–water partition coefficient (Wildman–Crippen LogP) is 4.12. The normalized spacial score (nSPS) is 12.2. The molecular formula is C18H21ClN6. The first-order valence-electron chi connectivity index (χ1n) is 7.98. The van der Waals surface area contributed by atoms with Gasteiger partial charge in [0.05, 0.1) is 17.3 Å². The first-order chi connectivity index (χ1) is 11.8. The molecule has 0 N–H and O–H groups in total. The first-order valence-corrected chi connectivity index (χ1v) is 8.36. The third-order valence-corrected chi connectivity index (χ3v) is 3.86. The third kappa shape index (κ3) is 3.49. The molecule has 0 saturated carbocycles. The molecule has 0 amide bonds. The van der Waals surface area contributed by atoms with Gasteiger partial charge in [-0.3, -0.25) is 0 Å². The third-order valence-electron chi connectivity index (χ3n) is 3.61.